The van der Waals surface area contributed by atoms with E-state index < -0.39 is 0 Å². The molecule has 1 atom stereocenters. The van der Waals surface area contributed by atoms with E-state index in [2.05, 4.69) is 15.4 Å². The van der Waals surface area contributed by atoms with Crippen LogP contribution in [-0.2, 0) is 4.74 Å². The molecule has 1 saturated heterocycles. The molecule has 1 amide bonds. The zero-order chi connectivity index (χ0) is 14.1. The van der Waals surface area contributed by atoms with Crippen LogP contribution in [0.3, 0.4) is 0 Å². The van der Waals surface area contributed by atoms with Gasteiger partial charge in [-0.15, -0.1) is 0 Å². The van der Waals surface area contributed by atoms with Crippen LogP contribution >= 0.6 is 0 Å². The first kappa shape index (κ1) is 12.9. The molecule has 1 N–H and O–H groups in total. The van der Waals surface area contributed by atoms with Crippen molar-refractivity contribution in [2.24, 2.45) is 0 Å². The zero-order valence-electron chi connectivity index (χ0n) is 11.4. The lowest BCUT2D eigenvalue weighted by molar-refractivity contribution is -0.00403. The quantitative estimate of drug-likeness (QED) is 0.891. The molecule has 3 heterocycles. The van der Waals surface area contributed by atoms with Gasteiger partial charge in [0.1, 0.15) is 11.3 Å². The van der Waals surface area contributed by atoms with Gasteiger partial charge in [-0.2, -0.15) is 5.10 Å². The van der Waals surface area contributed by atoms with Gasteiger partial charge in [0.25, 0.3) is 5.91 Å². The molecule has 20 heavy (non-hydrogen) atoms. The first-order valence-electron chi connectivity index (χ1n) is 6.49. The molecule has 2 aromatic rings. The van der Waals surface area contributed by atoms with Crippen LogP contribution in [0.1, 0.15) is 33.5 Å². The van der Waals surface area contributed by atoms with Gasteiger partial charge in [0.15, 0.2) is 0 Å². The Bertz CT molecular complexity index is 586. The van der Waals surface area contributed by atoms with Crippen LogP contribution in [0.2, 0.25) is 0 Å². The first-order chi connectivity index (χ1) is 9.68. The fraction of sp³-hybridized carbons (Fsp3) is 0.462. The number of morpholine rings is 1. The fourth-order valence-electron chi connectivity index (χ4n) is 2.49. The second-order valence-corrected chi connectivity index (χ2v) is 4.80. The first-order valence-corrected chi connectivity index (χ1v) is 6.49. The van der Waals surface area contributed by atoms with E-state index in [0.717, 1.165) is 5.69 Å². The summed E-state index contributed by atoms with van der Waals surface area (Å²) in [5.74, 6) is 0.464. The van der Waals surface area contributed by atoms with E-state index in [1.165, 1.54) is 0 Å². The highest BCUT2D eigenvalue weighted by atomic mass is 16.5. The summed E-state index contributed by atoms with van der Waals surface area (Å²) in [6.07, 6.45) is 1.67. The predicted molar refractivity (Wildman–Crippen MR) is 69.2 cm³/mol. The summed E-state index contributed by atoms with van der Waals surface area (Å²) in [5.41, 5.74) is 2.02. The number of aromatic amines is 1. The van der Waals surface area contributed by atoms with Crippen LogP contribution < -0.4 is 0 Å². The van der Waals surface area contributed by atoms with Gasteiger partial charge in [-0.3, -0.25) is 9.89 Å². The molecule has 0 aromatic carbocycles. The molecule has 1 unspecified atom stereocenters. The van der Waals surface area contributed by atoms with Crippen molar-refractivity contribution in [1.82, 2.24) is 20.3 Å². The topological polar surface area (TPSA) is 84.2 Å². The Morgan fingerprint density at radius 1 is 1.50 bits per heavy atom. The molecule has 0 aliphatic carbocycles. The Kier molecular flexibility index (Phi) is 3.27. The Balaban J connectivity index is 1.92. The van der Waals surface area contributed by atoms with Crippen LogP contribution in [0, 0.1) is 13.8 Å². The molecule has 0 saturated carbocycles. The number of nitrogens with one attached hydrogen (secondary N) is 1. The molecule has 1 aliphatic rings. The number of aryl methyl sites for hydroxylation is 2. The van der Waals surface area contributed by atoms with Gasteiger partial charge in [-0.25, -0.2) is 0 Å². The summed E-state index contributed by atoms with van der Waals surface area (Å²) in [5, 5.41) is 10.7. The summed E-state index contributed by atoms with van der Waals surface area (Å²) >= 11 is 0. The van der Waals surface area contributed by atoms with Crippen molar-refractivity contribution < 1.29 is 14.1 Å². The average molecular weight is 276 g/mol. The Labute approximate surface area is 115 Å². The van der Waals surface area contributed by atoms with E-state index in [1.807, 2.05) is 6.07 Å². The Morgan fingerprint density at radius 2 is 2.35 bits per heavy atom. The maximum atomic E-state index is 12.7. The van der Waals surface area contributed by atoms with Crippen LogP contribution in [0.25, 0.3) is 0 Å². The summed E-state index contributed by atoms with van der Waals surface area (Å²) < 4.78 is 10.6. The van der Waals surface area contributed by atoms with Crippen molar-refractivity contribution in [2.45, 2.75) is 19.9 Å². The Hall–Kier alpha value is -2.15. The number of carbonyl (C=O) groups excluding carboxylic acids is 1. The number of aromatic nitrogens is 3. The van der Waals surface area contributed by atoms with Crippen molar-refractivity contribution in [2.75, 3.05) is 19.8 Å². The van der Waals surface area contributed by atoms with Crippen molar-refractivity contribution in [1.29, 1.82) is 0 Å². The molecule has 0 spiro atoms. The summed E-state index contributed by atoms with van der Waals surface area (Å²) in [7, 11) is 0. The van der Waals surface area contributed by atoms with Gasteiger partial charge >= 0.3 is 0 Å². The molecule has 7 nitrogen and oxygen atoms in total. The molecule has 0 radical (unpaired) electrons. The van der Waals surface area contributed by atoms with Crippen molar-refractivity contribution in [3.05, 3.63) is 35.0 Å². The number of carbonyl (C=O) groups is 1. The third-order valence-electron chi connectivity index (χ3n) is 3.52. The van der Waals surface area contributed by atoms with Gasteiger partial charge in [-0.05, 0) is 19.9 Å². The maximum absolute atomic E-state index is 12.7. The smallest absolute Gasteiger partial charge is 0.260 e. The van der Waals surface area contributed by atoms with E-state index >= 15 is 0 Å². The molecule has 1 aliphatic heterocycles. The lowest BCUT2D eigenvalue weighted by Gasteiger charge is -2.34. The number of H-pyrrole nitrogens is 1. The van der Waals surface area contributed by atoms with Gasteiger partial charge in [-0.1, -0.05) is 5.16 Å². The lowest BCUT2D eigenvalue weighted by Crippen LogP contribution is -2.43. The minimum absolute atomic E-state index is 0.0795. The summed E-state index contributed by atoms with van der Waals surface area (Å²) in [4.78, 5) is 14.5. The van der Waals surface area contributed by atoms with Gasteiger partial charge in [0, 0.05) is 12.7 Å². The van der Waals surface area contributed by atoms with Crippen molar-refractivity contribution in [3.63, 3.8) is 0 Å². The third kappa shape index (κ3) is 2.09. The van der Waals surface area contributed by atoms with Gasteiger partial charge in [0.2, 0.25) is 0 Å². The highest BCUT2D eigenvalue weighted by molar-refractivity contribution is 5.96. The summed E-state index contributed by atoms with van der Waals surface area (Å²) in [6, 6.07) is 1.69. The minimum Gasteiger partial charge on any atom is -0.377 e. The molecule has 3 rings (SSSR count). The number of amides is 1. The standard InChI is InChI=1S/C13H16N4O3/c1-8-12(9(2)20-16-8)13(18)17-5-6-19-7-11(17)10-3-4-14-15-10/h3-4,11H,5-7H2,1-2H3,(H,14,15). The second kappa shape index (κ2) is 5.09. The van der Waals surface area contributed by atoms with E-state index in [1.54, 1.807) is 24.9 Å². The number of ether oxygens (including phenoxy) is 1. The van der Waals surface area contributed by atoms with Crippen LogP contribution in [0.5, 0.6) is 0 Å². The van der Waals surface area contributed by atoms with Crippen molar-refractivity contribution >= 4 is 5.91 Å². The predicted octanol–water partition coefficient (Wildman–Crippen LogP) is 1.23. The minimum atomic E-state index is -0.160. The molecule has 1 fully saturated rings. The molecule has 106 valence electrons. The average Bonchev–Trinajstić information content (AvgIpc) is 3.09. The van der Waals surface area contributed by atoms with Crippen molar-refractivity contribution in [3.8, 4) is 0 Å². The SMILES string of the molecule is Cc1noc(C)c1C(=O)N1CCOCC1c1ccn[nH]1. The number of rotatable bonds is 2. The van der Waals surface area contributed by atoms with Crippen LogP contribution in [-0.4, -0.2) is 45.9 Å². The Morgan fingerprint density at radius 3 is 3.00 bits per heavy atom. The van der Waals surface area contributed by atoms with E-state index in [-0.39, 0.29) is 11.9 Å². The highest BCUT2D eigenvalue weighted by Gasteiger charge is 2.32. The lowest BCUT2D eigenvalue weighted by atomic mass is 10.1. The van der Waals surface area contributed by atoms with Crippen LogP contribution in [0.4, 0.5) is 0 Å². The normalized spacial score (nSPS) is 19.3. The fourth-order valence-corrected chi connectivity index (χ4v) is 2.49. The van der Waals surface area contributed by atoms with E-state index in [9.17, 15) is 4.79 Å². The third-order valence-corrected chi connectivity index (χ3v) is 3.52. The van der Waals surface area contributed by atoms with Gasteiger partial charge in [0.05, 0.1) is 30.6 Å². The molecular formula is C13H16N4O3. The largest absolute Gasteiger partial charge is 0.377 e. The molecule has 7 heteroatoms. The van der Waals surface area contributed by atoms with E-state index in [4.69, 9.17) is 9.26 Å². The zero-order valence-corrected chi connectivity index (χ0v) is 11.4. The number of hydrogen-bond acceptors (Lipinski definition) is 5. The second-order valence-electron chi connectivity index (χ2n) is 4.80. The molecule has 0 bridgehead atoms. The molecule has 2 aromatic heterocycles. The van der Waals surface area contributed by atoms with Gasteiger partial charge < -0.3 is 14.2 Å². The maximum Gasteiger partial charge on any atom is 0.260 e. The molecular weight excluding hydrogens is 260 g/mol. The number of hydrogen-bond donors (Lipinski definition) is 1. The highest BCUT2D eigenvalue weighted by Crippen LogP contribution is 2.26. The summed E-state index contributed by atoms with van der Waals surface area (Å²) in [6.45, 7) is 5.04. The van der Waals surface area contributed by atoms with E-state index in [0.29, 0.717) is 36.8 Å². The van der Waals surface area contributed by atoms with Crippen LogP contribution in [0.15, 0.2) is 16.8 Å². The monoisotopic (exact) mass is 276 g/mol. The number of nitrogens with zero attached hydrogens (tertiary/aromatic N) is 3.